The summed E-state index contributed by atoms with van der Waals surface area (Å²) < 4.78 is 0. The van der Waals surface area contributed by atoms with E-state index in [-0.39, 0.29) is 0 Å². The maximum Gasteiger partial charge on any atom is 0.0904 e. The quantitative estimate of drug-likeness (QED) is 0.207. The van der Waals surface area contributed by atoms with Crippen molar-refractivity contribution in [1.82, 2.24) is 0 Å². The van der Waals surface area contributed by atoms with Crippen LogP contribution in [0, 0.1) is 98.3 Å². The smallest absolute Gasteiger partial charge is 0.0904 e. The minimum absolute atomic E-state index is 0.856. The average Bonchev–Trinajstić information content (AvgIpc) is 3.68. The zero-order valence-corrected chi connectivity index (χ0v) is 30.7. The Balaban J connectivity index is 1.13. The number of aryl methyl sites for hydroxylation is 9. The monoisotopic (exact) mass is 644 g/mol. The number of terminal acetylenes is 1. The molecule has 4 aromatic carbocycles. The summed E-state index contributed by atoms with van der Waals surface area (Å²) in [4.78, 5) is 9.97. The Morgan fingerprint density at radius 1 is 0.408 bits per heavy atom. The highest BCUT2D eigenvalue weighted by molar-refractivity contribution is 5.69. The van der Waals surface area contributed by atoms with Gasteiger partial charge >= 0.3 is 0 Å². The lowest BCUT2D eigenvalue weighted by Crippen LogP contribution is -2.27. The summed E-state index contributed by atoms with van der Waals surface area (Å²) in [6.07, 6.45) is 5.67. The van der Waals surface area contributed by atoms with Crippen LogP contribution >= 0.6 is 0 Å². The van der Waals surface area contributed by atoms with Crippen LogP contribution in [0.15, 0.2) is 48.5 Å². The summed E-state index contributed by atoms with van der Waals surface area (Å²) in [6.45, 7) is 25.5. The molecule has 0 radical (unpaired) electrons. The second kappa shape index (κ2) is 13.7. The molecule has 2 aliphatic heterocycles. The van der Waals surface area contributed by atoms with Crippen molar-refractivity contribution in [2.45, 2.75) is 62.3 Å². The van der Waals surface area contributed by atoms with Crippen molar-refractivity contribution in [2.24, 2.45) is 0 Å². The van der Waals surface area contributed by atoms with Gasteiger partial charge in [0.1, 0.15) is 0 Å². The first-order valence-electron chi connectivity index (χ1n) is 17.3. The molecule has 0 aliphatic carbocycles. The second-order valence-corrected chi connectivity index (χ2v) is 14.1. The van der Waals surface area contributed by atoms with E-state index >= 15 is 0 Å². The highest BCUT2D eigenvalue weighted by atomic mass is 15.4. The lowest BCUT2D eigenvalue weighted by Gasteiger charge is -2.26. The second-order valence-electron chi connectivity index (χ2n) is 14.1. The van der Waals surface area contributed by atoms with Crippen molar-refractivity contribution in [1.29, 1.82) is 0 Å². The summed E-state index contributed by atoms with van der Waals surface area (Å²) in [5.74, 6) is 15.7. The number of nitrogens with zero attached hydrogens (tertiary/aromatic N) is 4. The fourth-order valence-corrected chi connectivity index (χ4v) is 8.38. The van der Waals surface area contributed by atoms with Crippen molar-refractivity contribution >= 4 is 22.7 Å². The molecule has 0 N–H and O–H groups in total. The molecule has 4 heteroatoms. The maximum atomic E-state index is 5.67. The number of hydrogen-bond donors (Lipinski definition) is 0. The van der Waals surface area contributed by atoms with Crippen molar-refractivity contribution in [3.8, 4) is 36.0 Å². The first-order chi connectivity index (χ1) is 23.4. The molecule has 0 aromatic heterocycles. The molecule has 0 saturated carbocycles. The van der Waals surface area contributed by atoms with Crippen molar-refractivity contribution in [3.05, 3.63) is 115 Å². The molecule has 4 nitrogen and oxygen atoms in total. The van der Waals surface area contributed by atoms with E-state index in [2.05, 4.69) is 160 Å². The molecule has 2 saturated heterocycles. The van der Waals surface area contributed by atoms with Gasteiger partial charge in [-0.3, -0.25) is 0 Å². The molecule has 2 aliphatic rings. The van der Waals surface area contributed by atoms with Crippen LogP contribution in [0.3, 0.4) is 0 Å². The van der Waals surface area contributed by atoms with E-state index in [0.717, 1.165) is 56.2 Å². The maximum absolute atomic E-state index is 5.67. The van der Waals surface area contributed by atoms with E-state index in [1.807, 2.05) is 0 Å². The SMILES string of the molecule is C#Cc1cc(C)c(N2CCN(c3c(C)cc(C#CC#Cc4cc(C)c(N5CCN(c6c(C)cc(C)cc6C)C5)c(C)c4)cc3C)C2)c(C)c1. The highest BCUT2D eigenvalue weighted by Crippen LogP contribution is 2.35. The van der Waals surface area contributed by atoms with Crippen LogP contribution in [-0.4, -0.2) is 39.5 Å². The summed E-state index contributed by atoms with van der Waals surface area (Å²) in [7, 11) is 0. The Morgan fingerprint density at radius 2 is 0.673 bits per heavy atom. The molecule has 0 spiro atoms. The van der Waals surface area contributed by atoms with Crippen molar-refractivity contribution in [2.75, 3.05) is 59.1 Å². The van der Waals surface area contributed by atoms with E-state index in [0.29, 0.717) is 0 Å². The number of rotatable bonds is 4. The van der Waals surface area contributed by atoms with Crippen molar-refractivity contribution in [3.63, 3.8) is 0 Å². The van der Waals surface area contributed by atoms with Gasteiger partial charge in [-0.15, -0.1) is 6.42 Å². The molecular weight excluding hydrogens is 597 g/mol. The number of anilines is 4. The van der Waals surface area contributed by atoms with E-state index in [9.17, 15) is 0 Å². The summed E-state index contributed by atoms with van der Waals surface area (Å²) in [6, 6.07) is 17.6. The van der Waals surface area contributed by atoms with Gasteiger partial charge in [0.05, 0.1) is 13.3 Å². The Labute approximate surface area is 294 Å². The number of hydrogen-bond acceptors (Lipinski definition) is 4. The molecule has 2 heterocycles. The molecule has 0 atom stereocenters. The van der Waals surface area contributed by atoms with Gasteiger partial charge in [0, 0.05) is 65.6 Å². The van der Waals surface area contributed by atoms with Gasteiger partial charge < -0.3 is 19.6 Å². The lowest BCUT2D eigenvalue weighted by molar-refractivity contribution is 0.930. The van der Waals surface area contributed by atoms with Gasteiger partial charge in [0.2, 0.25) is 0 Å². The average molecular weight is 645 g/mol. The third kappa shape index (κ3) is 6.86. The van der Waals surface area contributed by atoms with Crippen molar-refractivity contribution < 1.29 is 0 Å². The normalized spacial score (nSPS) is 14.0. The Kier molecular flexibility index (Phi) is 9.41. The van der Waals surface area contributed by atoms with Crippen LogP contribution < -0.4 is 19.6 Å². The zero-order valence-electron chi connectivity index (χ0n) is 30.7. The van der Waals surface area contributed by atoms with Crippen LogP contribution in [0.4, 0.5) is 22.7 Å². The predicted octanol–water partition coefficient (Wildman–Crippen LogP) is 8.42. The van der Waals surface area contributed by atoms with Gasteiger partial charge in [-0.1, -0.05) is 35.5 Å². The third-order valence-corrected chi connectivity index (χ3v) is 9.98. The van der Waals surface area contributed by atoms with Crippen LogP contribution in [-0.2, 0) is 0 Å². The Bertz CT molecular complexity index is 2030. The fourth-order valence-electron chi connectivity index (χ4n) is 8.38. The molecule has 0 amide bonds. The van der Waals surface area contributed by atoms with Crippen LogP contribution in [0.1, 0.15) is 66.8 Å². The molecule has 0 bridgehead atoms. The van der Waals surface area contributed by atoms with E-state index in [1.165, 1.54) is 72.8 Å². The van der Waals surface area contributed by atoms with Gasteiger partial charge in [0.25, 0.3) is 0 Å². The Hall–Kier alpha value is -5.24. The summed E-state index contributed by atoms with van der Waals surface area (Å²) in [5, 5.41) is 0. The Morgan fingerprint density at radius 3 is 0.959 bits per heavy atom. The van der Waals surface area contributed by atoms with Gasteiger partial charge in [-0.2, -0.15) is 0 Å². The predicted molar refractivity (Wildman–Crippen MR) is 209 cm³/mol. The number of benzene rings is 4. The standard InChI is InChI=1S/C45H48N4/c1-11-39-22-33(5)43(34(6)23-39)47-18-19-49(29-47)45-37(9)26-41(27-38(45)10)15-13-12-14-40-24-35(7)44(36(8)25-40)48-17-16-46(28-48)42-31(3)20-30(2)21-32(42)4/h1,20-27H,16-19,28-29H2,2-10H3. The van der Waals surface area contributed by atoms with E-state index in [1.54, 1.807) is 0 Å². The first kappa shape index (κ1) is 33.7. The first-order valence-corrected chi connectivity index (χ1v) is 17.3. The highest BCUT2D eigenvalue weighted by Gasteiger charge is 2.26. The molecular formula is C45H48N4. The minimum atomic E-state index is 0.856. The van der Waals surface area contributed by atoms with Gasteiger partial charge in [0.15, 0.2) is 0 Å². The lowest BCUT2D eigenvalue weighted by atomic mass is 10.0. The molecule has 248 valence electrons. The molecule has 49 heavy (non-hydrogen) atoms. The molecule has 6 rings (SSSR count). The third-order valence-electron chi connectivity index (χ3n) is 9.98. The molecule has 0 unspecified atom stereocenters. The van der Waals surface area contributed by atoms with Gasteiger partial charge in [-0.25, -0.2) is 0 Å². The van der Waals surface area contributed by atoms with E-state index < -0.39 is 0 Å². The fraction of sp³-hybridized carbons (Fsp3) is 0.333. The van der Waals surface area contributed by atoms with Crippen LogP contribution in [0.5, 0.6) is 0 Å². The summed E-state index contributed by atoms with van der Waals surface area (Å²) >= 11 is 0. The van der Waals surface area contributed by atoms with Crippen LogP contribution in [0.2, 0.25) is 0 Å². The molecule has 4 aromatic rings. The van der Waals surface area contributed by atoms with Gasteiger partial charge in [-0.05, 0) is 155 Å². The largest absolute Gasteiger partial charge is 0.352 e. The zero-order chi connectivity index (χ0) is 35.0. The summed E-state index contributed by atoms with van der Waals surface area (Å²) in [5.41, 5.74) is 19.7. The van der Waals surface area contributed by atoms with Crippen LogP contribution in [0.25, 0.3) is 0 Å². The minimum Gasteiger partial charge on any atom is -0.352 e. The van der Waals surface area contributed by atoms with E-state index in [4.69, 9.17) is 6.42 Å². The molecule has 2 fully saturated rings. The topological polar surface area (TPSA) is 13.0 Å².